The van der Waals surface area contributed by atoms with Gasteiger partial charge < -0.3 is 0 Å². The van der Waals surface area contributed by atoms with E-state index in [2.05, 4.69) is 0 Å². The van der Waals surface area contributed by atoms with Crippen molar-refractivity contribution in [3.63, 3.8) is 0 Å². The van der Waals surface area contributed by atoms with E-state index in [4.69, 9.17) is 11.6 Å². The highest BCUT2D eigenvalue weighted by molar-refractivity contribution is 7.89. The van der Waals surface area contributed by atoms with Crippen LogP contribution in [0.25, 0.3) is 0 Å². The molecule has 0 unspecified atom stereocenters. The predicted octanol–water partition coefficient (Wildman–Crippen LogP) is 1.69. The van der Waals surface area contributed by atoms with Crippen molar-refractivity contribution in [3.05, 3.63) is 30.1 Å². The molecule has 0 saturated heterocycles. The van der Waals surface area contributed by atoms with Gasteiger partial charge in [-0.1, -0.05) is 6.07 Å². The Labute approximate surface area is 93.5 Å². The SMILES string of the molecule is CN(CCCl)S(=O)(=O)c1cccc(F)c1. The summed E-state index contributed by atoms with van der Waals surface area (Å²) >= 11 is 5.44. The van der Waals surface area contributed by atoms with E-state index in [0.29, 0.717) is 0 Å². The first-order chi connectivity index (χ1) is 6.98. The first-order valence-electron chi connectivity index (χ1n) is 4.26. The van der Waals surface area contributed by atoms with Crippen LogP contribution in [0, 0.1) is 5.82 Å². The van der Waals surface area contributed by atoms with Crippen molar-refractivity contribution < 1.29 is 12.8 Å². The normalized spacial score (nSPS) is 12.0. The van der Waals surface area contributed by atoms with E-state index in [0.717, 1.165) is 10.4 Å². The van der Waals surface area contributed by atoms with Crippen molar-refractivity contribution in [1.29, 1.82) is 0 Å². The number of halogens is 2. The van der Waals surface area contributed by atoms with Gasteiger partial charge in [0, 0.05) is 19.5 Å². The Bertz CT molecular complexity index is 435. The highest BCUT2D eigenvalue weighted by Gasteiger charge is 2.20. The summed E-state index contributed by atoms with van der Waals surface area (Å²) in [4.78, 5) is -0.0601. The number of hydrogen-bond donors (Lipinski definition) is 0. The topological polar surface area (TPSA) is 37.4 Å². The molecular weight excluding hydrogens is 241 g/mol. The lowest BCUT2D eigenvalue weighted by atomic mass is 10.4. The van der Waals surface area contributed by atoms with E-state index < -0.39 is 15.8 Å². The van der Waals surface area contributed by atoms with Gasteiger partial charge in [-0.05, 0) is 18.2 Å². The van der Waals surface area contributed by atoms with Crippen LogP contribution < -0.4 is 0 Å². The molecule has 0 aromatic heterocycles. The molecule has 0 atom stereocenters. The Morgan fingerprint density at radius 2 is 2.13 bits per heavy atom. The number of benzene rings is 1. The number of hydrogen-bond acceptors (Lipinski definition) is 2. The zero-order chi connectivity index (χ0) is 11.5. The van der Waals surface area contributed by atoms with Crippen LogP contribution in [0.4, 0.5) is 4.39 Å². The van der Waals surface area contributed by atoms with Crippen LogP contribution in [-0.2, 0) is 10.0 Å². The van der Waals surface area contributed by atoms with Gasteiger partial charge in [0.05, 0.1) is 4.90 Å². The minimum atomic E-state index is -3.61. The molecule has 0 bridgehead atoms. The predicted molar refractivity (Wildman–Crippen MR) is 56.9 cm³/mol. The third-order valence-corrected chi connectivity index (χ3v) is 3.93. The average molecular weight is 252 g/mol. The highest BCUT2D eigenvalue weighted by atomic mass is 35.5. The minimum absolute atomic E-state index is 0.0601. The van der Waals surface area contributed by atoms with E-state index in [1.807, 2.05) is 0 Å². The molecule has 0 aliphatic rings. The Morgan fingerprint density at radius 1 is 1.47 bits per heavy atom. The maximum atomic E-state index is 12.8. The van der Waals surface area contributed by atoms with Gasteiger partial charge in [-0.15, -0.1) is 11.6 Å². The number of rotatable bonds is 4. The Kier molecular flexibility index (Phi) is 4.07. The Hall–Kier alpha value is -0.650. The van der Waals surface area contributed by atoms with E-state index >= 15 is 0 Å². The Balaban J connectivity index is 3.06. The quantitative estimate of drug-likeness (QED) is 0.764. The van der Waals surface area contributed by atoms with Gasteiger partial charge in [0.2, 0.25) is 10.0 Å². The zero-order valence-electron chi connectivity index (χ0n) is 8.15. The molecule has 0 aliphatic heterocycles. The van der Waals surface area contributed by atoms with Crippen molar-refractivity contribution in [2.24, 2.45) is 0 Å². The second kappa shape index (κ2) is 4.92. The fourth-order valence-corrected chi connectivity index (χ4v) is 2.60. The van der Waals surface area contributed by atoms with Crippen LogP contribution >= 0.6 is 11.6 Å². The van der Waals surface area contributed by atoms with Crippen molar-refractivity contribution >= 4 is 21.6 Å². The van der Waals surface area contributed by atoms with E-state index in [1.165, 1.54) is 25.2 Å². The number of alkyl halides is 1. The maximum Gasteiger partial charge on any atom is 0.242 e. The van der Waals surface area contributed by atoms with Gasteiger partial charge in [0.1, 0.15) is 5.82 Å². The van der Waals surface area contributed by atoms with Gasteiger partial charge in [-0.2, -0.15) is 4.31 Å². The molecular formula is C9H11ClFNO2S. The summed E-state index contributed by atoms with van der Waals surface area (Å²) in [5.74, 6) is -0.374. The largest absolute Gasteiger partial charge is 0.242 e. The molecule has 6 heteroatoms. The lowest BCUT2D eigenvalue weighted by molar-refractivity contribution is 0.487. The molecule has 0 amide bonds. The summed E-state index contributed by atoms with van der Waals surface area (Å²) in [5.41, 5.74) is 0. The molecule has 0 saturated carbocycles. The molecule has 0 N–H and O–H groups in total. The van der Waals surface area contributed by atoms with Gasteiger partial charge in [0.25, 0.3) is 0 Å². The van der Waals surface area contributed by atoms with Crippen molar-refractivity contribution in [2.75, 3.05) is 19.5 Å². The number of nitrogens with zero attached hydrogens (tertiary/aromatic N) is 1. The molecule has 1 aromatic rings. The monoisotopic (exact) mass is 251 g/mol. The first-order valence-corrected chi connectivity index (χ1v) is 6.24. The fraction of sp³-hybridized carbons (Fsp3) is 0.333. The van der Waals surface area contributed by atoms with Crippen molar-refractivity contribution in [2.45, 2.75) is 4.90 Å². The summed E-state index contributed by atoms with van der Waals surface area (Å²) in [6.07, 6.45) is 0. The van der Waals surface area contributed by atoms with Gasteiger partial charge in [-0.3, -0.25) is 0 Å². The van der Waals surface area contributed by atoms with Gasteiger partial charge in [0.15, 0.2) is 0 Å². The molecule has 3 nitrogen and oxygen atoms in total. The van der Waals surface area contributed by atoms with Gasteiger partial charge >= 0.3 is 0 Å². The summed E-state index contributed by atoms with van der Waals surface area (Å²) in [6.45, 7) is 0.195. The summed E-state index contributed by atoms with van der Waals surface area (Å²) in [5, 5.41) is 0. The molecule has 84 valence electrons. The second-order valence-electron chi connectivity index (χ2n) is 2.97. The smallest absolute Gasteiger partial charge is 0.207 e. The molecule has 1 rings (SSSR count). The highest BCUT2D eigenvalue weighted by Crippen LogP contribution is 2.14. The van der Waals surface area contributed by atoms with E-state index in [1.54, 1.807) is 0 Å². The van der Waals surface area contributed by atoms with Crippen LogP contribution in [0.1, 0.15) is 0 Å². The lowest BCUT2D eigenvalue weighted by Gasteiger charge is -2.15. The molecule has 0 radical (unpaired) electrons. The summed E-state index contributed by atoms with van der Waals surface area (Å²) in [7, 11) is -2.21. The van der Waals surface area contributed by atoms with Crippen LogP contribution in [0.3, 0.4) is 0 Å². The molecule has 1 aromatic carbocycles. The van der Waals surface area contributed by atoms with Crippen LogP contribution in [-0.4, -0.2) is 32.2 Å². The van der Waals surface area contributed by atoms with Crippen molar-refractivity contribution in [3.8, 4) is 0 Å². The lowest BCUT2D eigenvalue weighted by Crippen LogP contribution is -2.28. The van der Waals surface area contributed by atoms with Gasteiger partial charge in [-0.25, -0.2) is 12.8 Å². The van der Waals surface area contributed by atoms with E-state index in [-0.39, 0.29) is 17.3 Å². The van der Waals surface area contributed by atoms with Crippen LogP contribution in [0.5, 0.6) is 0 Å². The molecule has 0 spiro atoms. The number of sulfonamides is 1. The Morgan fingerprint density at radius 3 is 2.67 bits per heavy atom. The summed E-state index contributed by atoms with van der Waals surface area (Å²) in [6, 6.07) is 4.89. The fourth-order valence-electron chi connectivity index (χ4n) is 1.05. The minimum Gasteiger partial charge on any atom is -0.207 e. The standard InChI is InChI=1S/C9H11ClFNO2S/c1-12(6-5-10)15(13,14)9-4-2-3-8(11)7-9/h2-4,7H,5-6H2,1H3. The summed E-state index contributed by atoms with van der Waals surface area (Å²) < 4.78 is 37.5. The van der Waals surface area contributed by atoms with Crippen molar-refractivity contribution in [1.82, 2.24) is 4.31 Å². The zero-order valence-corrected chi connectivity index (χ0v) is 9.72. The third kappa shape index (κ3) is 2.90. The maximum absolute atomic E-state index is 12.8. The molecule has 0 fully saturated rings. The first kappa shape index (κ1) is 12.4. The van der Waals surface area contributed by atoms with Crippen LogP contribution in [0.2, 0.25) is 0 Å². The third-order valence-electron chi connectivity index (χ3n) is 1.90. The van der Waals surface area contributed by atoms with Crippen LogP contribution in [0.15, 0.2) is 29.2 Å². The van der Waals surface area contributed by atoms with E-state index in [9.17, 15) is 12.8 Å². The molecule has 15 heavy (non-hydrogen) atoms. The molecule has 0 aliphatic carbocycles. The molecule has 0 heterocycles. The average Bonchev–Trinajstić information content (AvgIpc) is 2.18. The second-order valence-corrected chi connectivity index (χ2v) is 5.40.